The van der Waals surface area contributed by atoms with Crippen LogP contribution in [0.5, 0.6) is 0 Å². The number of thiazole rings is 1. The van der Waals surface area contributed by atoms with Crippen molar-refractivity contribution in [2.45, 2.75) is 23.6 Å². The lowest BCUT2D eigenvalue weighted by molar-refractivity contribution is -0.122. The molecule has 6 nitrogen and oxygen atoms in total. The highest BCUT2D eigenvalue weighted by atomic mass is 35.5. The van der Waals surface area contributed by atoms with Crippen molar-refractivity contribution < 1.29 is 13.2 Å². The van der Waals surface area contributed by atoms with Crippen LogP contribution in [-0.2, 0) is 21.4 Å². The number of nitrogens with zero attached hydrogens (tertiary/aromatic N) is 3. The number of carbonyl (C=O) groups excluding carboxylic acids is 1. The number of hydrogen-bond donors (Lipinski definition) is 0. The molecule has 1 atom stereocenters. The smallest absolute Gasteiger partial charge is 0.252 e. The Hall–Kier alpha value is -1.38. The van der Waals surface area contributed by atoms with Crippen LogP contribution in [0.2, 0.25) is 14.4 Å². The number of halogens is 3. The maximum absolute atomic E-state index is 13.1. The molecule has 2 aromatic heterocycles. The van der Waals surface area contributed by atoms with Gasteiger partial charge in [0.05, 0.1) is 37.1 Å². The Bertz CT molecular complexity index is 1420. The molecule has 1 aliphatic rings. The van der Waals surface area contributed by atoms with Crippen molar-refractivity contribution in [1.82, 2.24) is 8.87 Å². The van der Waals surface area contributed by atoms with E-state index in [2.05, 4.69) is 10.9 Å². The summed E-state index contributed by atoms with van der Waals surface area (Å²) < 4.78 is 30.1. The van der Waals surface area contributed by atoms with Crippen LogP contribution in [0.4, 0.5) is 0 Å². The van der Waals surface area contributed by atoms with Crippen LogP contribution in [0.15, 0.2) is 33.5 Å². The molecule has 3 aromatic rings. The molecule has 0 aliphatic carbocycles. The maximum atomic E-state index is 13.1. The summed E-state index contributed by atoms with van der Waals surface area (Å²) in [6.45, 7) is 0.561. The van der Waals surface area contributed by atoms with Gasteiger partial charge in [-0.3, -0.25) is 4.79 Å². The van der Waals surface area contributed by atoms with Gasteiger partial charge in [0.1, 0.15) is 4.21 Å². The molecule has 1 saturated heterocycles. The van der Waals surface area contributed by atoms with E-state index in [9.17, 15) is 13.2 Å². The summed E-state index contributed by atoms with van der Waals surface area (Å²) in [6.07, 6.45) is 6.61. The Morgan fingerprint density at radius 2 is 1.94 bits per heavy atom. The lowest BCUT2D eigenvalue weighted by Gasteiger charge is -2.29. The van der Waals surface area contributed by atoms with Gasteiger partial charge in [0, 0.05) is 13.1 Å². The molecule has 1 aromatic carbocycles. The van der Waals surface area contributed by atoms with Gasteiger partial charge in [-0.25, -0.2) is 8.42 Å². The lowest BCUT2D eigenvalue weighted by atomic mass is 9.99. The average molecular weight is 549 g/mol. The van der Waals surface area contributed by atoms with Crippen LogP contribution in [0, 0.1) is 18.3 Å². The molecule has 32 heavy (non-hydrogen) atoms. The van der Waals surface area contributed by atoms with Crippen molar-refractivity contribution in [1.29, 1.82) is 0 Å². The number of benzene rings is 1. The predicted octanol–water partition coefficient (Wildman–Crippen LogP) is 4.89. The van der Waals surface area contributed by atoms with Gasteiger partial charge in [-0.15, -0.1) is 17.8 Å². The molecule has 0 saturated carbocycles. The highest BCUT2D eigenvalue weighted by Crippen LogP contribution is 2.33. The van der Waals surface area contributed by atoms with Crippen molar-refractivity contribution in [3.8, 4) is 12.3 Å². The summed E-state index contributed by atoms with van der Waals surface area (Å²) in [5.74, 6) is 1.58. The van der Waals surface area contributed by atoms with Gasteiger partial charge in [-0.2, -0.15) is 9.30 Å². The minimum atomic E-state index is -3.72. The third-order valence-corrected chi connectivity index (χ3v) is 10.5. The van der Waals surface area contributed by atoms with Crippen molar-refractivity contribution in [3.63, 3.8) is 0 Å². The molecule has 1 unspecified atom stereocenters. The van der Waals surface area contributed by atoms with E-state index in [0.717, 1.165) is 11.3 Å². The number of sulfonamides is 1. The quantitative estimate of drug-likeness (QED) is 0.436. The van der Waals surface area contributed by atoms with Crippen LogP contribution in [-0.4, -0.2) is 36.3 Å². The fraction of sp³-hybridized carbons (Fsp3) is 0.300. The van der Waals surface area contributed by atoms with E-state index in [1.54, 1.807) is 22.8 Å². The third kappa shape index (κ3) is 4.50. The van der Waals surface area contributed by atoms with Gasteiger partial charge in [0.25, 0.3) is 15.9 Å². The number of hydrogen-bond acceptors (Lipinski definition) is 5. The van der Waals surface area contributed by atoms with Crippen molar-refractivity contribution in [2.75, 3.05) is 13.1 Å². The highest BCUT2D eigenvalue weighted by molar-refractivity contribution is 7.91. The molecule has 4 rings (SSSR count). The molecule has 0 bridgehead atoms. The number of rotatable bonds is 4. The first-order valence-corrected chi connectivity index (χ1v) is 13.7. The molecule has 0 N–H and O–H groups in total. The van der Waals surface area contributed by atoms with Crippen LogP contribution in [0.25, 0.3) is 10.2 Å². The molecule has 1 fully saturated rings. The summed E-state index contributed by atoms with van der Waals surface area (Å²) in [7, 11) is -3.72. The number of carbonyl (C=O) groups is 1. The van der Waals surface area contributed by atoms with E-state index in [4.69, 9.17) is 41.2 Å². The fourth-order valence-electron chi connectivity index (χ4n) is 3.55. The van der Waals surface area contributed by atoms with E-state index in [1.165, 1.54) is 21.7 Å². The Morgan fingerprint density at radius 1 is 1.19 bits per heavy atom. The zero-order valence-electron chi connectivity index (χ0n) is 16.4. The van der Waals surface area contributed by atoms with Gasteiger partial charge in [-0.05, 0) is 37.1 Å². The normalized spacial score (nSPS) is 18.2. The summed E-state index contributed by atoms with van der Waals surface area (Å²) in [5, 5.41) is 0.938. The molecular weight excluding hydrogens is 533 g/mol. The Balaban J connectivity index is 1.67. The van der Waals surface area contributed by atoms with Crippen molar-refractivity contribution in [2.24, 2.45) is 10.9 Å². The predicted molar refractivity (Wildman–Crippen MR) is 130 cm³/mol. The molecule has 0 spiro atoms. The summed E-state index contributed by atoms with van der Waals surface area (Å²) in [4.78, 5) is 17.7. The molecule has 0 radical (unpaired) electrons. The maximum Gasteiger partial charge on any atom is 0.252 e. The lowest BCUT2D eigenvalue weighted by Crippen LogP contribution is -2.42. The first-order valence-electron chi connectivity index (χ1n) is 9.47. The van der Waals surface area contributed by atoms with Crippen LogP contribution < -0.4 is 4.80 Å². The number of fused-ring (bicyclic) bond motifs is 1. The van der Waals surface area contributed by atoms with Crippen LogP contribution in [0.1, 0.15) is 12.8 Å². The topological polar surface area (TPSA) is 71.7 Å². The highest BCUT2D eigenvalue weighted by Gasteiger charge is 2.34. The van der Waals surface area contributed by atoms with E-state index in [0.29, 0.717) is 48.8 Å². The van der Waals surface area contributed by atoms with Gasteiger partial charge in [0.15, 0.2) is 4.80 Å². The standard InChI is InChI=1S/C20H16Cl3N3O3S3/c1-2-9-26-17-13(21)5-6-14(22)18(17)31-20(26)24-19(27)12-4-3-10-25(11-12)32(28,29)16-8-7-15(23)30-16/h1,5-8,12H,3-4,9-11H2. The van der Waals surface area contributed by atoms with Gasteiger partial charge >= 0.3 is 0 Å². The monoisotopic (exact) mass is 547 g/mol. The molecule has 1 aliphatic heterocycles. The Kier molecular flexibility index (Phi) is 7.03. The van der Waals surface area contributed by atoms with E-state index in [1.807, 2.05) is 0 Å². The van der Waals surface area contributed by atoms with Crippen LogP contribution in [0.3, 0.4) is 0 Å². The zero-order valence-corrected chi connectivity index (χ0v) is 21.1. The summed E-state index contributed by atoms with van der Waals surface area (Å²) in [5.41, 5.74) is 0.621. The number of amides is 1. The summed E-state index contributed by atoms with van der Waals surface area (Å²) in [6, 6.07) is 6.36. The summed E-state index contributed by atoms with van der Waals surface area (Å²) >= 11 is 20.8. The molecular formula is C20H16Cl3N3O3S3. The number of terminal acetylenes is 1. The third-order valence-electron chi connectivity index (χ3n) is 5.06. The Morgan fingerprint density at radius 3 is 2.62 bits per heavy atom. The average Bonchev–Trinajstić information content (AvgIpc) is 3.36. The van der Waals surface area contributed by atoms with Crippen LogP contribution >= 0.6 is 57.5 Å². The van der Waals surface area contributed by atoms with E-state index < -0.39 is 21.8 Å². The van der Waals surface area contributed by atoms with Gasteiger partial charge in [0.2, 0.25) is 0 Å². The SMILES string of the molecule is C#CCn1c(=NC(=O)C2CCCN(S(=O)(=O)c3ccc(Cl)s3)C2)sc2c(Cl)ccc(Cl)c21. The molecule has 168 valence electrons. The Labute approximate surface area is 208 Å². The van der Waals surface area contributed by atoms with Crippen molar-refractivity contribution >= 4 is 83.6 Å². The van der Waals surface area contributed by atoms with Crippen molar-refractivity contribution in [3.05, 3.63) is 43.4 Å². The molecule has 3 heterocycles. The molecule has 1 amide bonds. The number of thiophene rings is 1. The van der Waals surface area contributed by atoms with E-state index >= 15 is 0 Å². The second kappa shape index (κ2) is 9.47. The molecule has 12 heteroatoms. The van der Waals surface area contributed by atoms with Gasteiger partial charge < -0.3 is 4.57 Å². The largest absolute Gasteiger partial charge is 0.303 e. The number of piperidine rings is 1. The number of aromatic nitrogens is 1. The first-order chi connectivity index (χ1) is 15.2. The van der Waals surface area contributed by atoms with Gasteiger partial charge in [-0.1, -0.05) is 52.1 Å². The second-order valence-corrected chi connectivity index (χ2v) is 12.8. The minimum Gasteiger partial charge on any atom is -0.303 e. The van der Waals surface area contributed by atoms with E-state index in [-0.39, 0.29) is 17.3 Å². The first kappa shape index (κ1) is 23.8. The minimum absolute atomic E-state index is 0.0573. The second-order valence-electron chi connectivity index (χ2n) is 7.09. The zero-order chi connectivity index (χ0) is 23.0. The fourth-order valence-corrected chi connectivity index (χ4v) is 8.36.